The number of alkyl carbamates (subject to hydrolysis) is 1. The molecule has 1 saturated heterocycles. The molecule has 0 aliphatic carbocycles. The zero-order valence-corrected chi connectivity index (χ0v) is 29.5. The molecule has 14 nitrogen and oxygen atoms in total. The van der Waals surface area contributed by atoms with Gasteiger partial charge in [-0.3, -0.25) is 19.2 Å². The Kier molecular flexibility index (Phi) is 13.8. The van der Waals surface area contributed by atoms with Gasteiger partial charge < -0.3 is 40.3 Å². The molecule has 5 amide bonds. The number of hydrogen-bond acceptors (Lipinski definition) is 8. The molecular weight excluding hydrogens is 658 g/mol. The molecule has 0 bridgehead atoms. The van der Waals surface area contributed by atoms with Crippen molar-refractivity contribution in [2.45, 2.75) is 96.0 Å². The van der Waals surface area contributed by atoms with Gasteiger partial charge in [0.05, 0.1) is 18.2 Å². The molecule has 2 heterocycles. The topological polar surface area (TPSA) is 184 Å². The standard InChI is InChI=1S/C37H49N5O9/c1-37(2,3)51-36(49)38-20-10-9-16-28-34(46)42-21-11-14-26(42)24-50-30-17-8-7-15-27(30)33(45)40-29(35(47)48)18-19-32(44)41(23-31(43)39-28)22-25-12-5-4-6-13-25/h4-8,12-13,15,17,26,28-29H,9-11,14,16,18-24H2,1-3H3,(H,38,49)(H,39,43)(H,40,45)(H,47,48)/t26-,28+,29+/m1/s1. The molecule has 2 aromatic carbocycles. The predicted molar refractivity (Wildman–Crippen MR) is 187 cm³/mol. The van der Waals surface area contributed by atoms with E-state index >= 15 is 0 Å². The molecule has 51 heavy (non-hydrogen) atoms. The highest BCUT2D eigenvalue weighted by atomic mass is 16.6. The van der Waals surface area contributed by atoms with Crippen molar-refractivity contribution in [1.82, 2.24) is 25.8 Å². The van der Waals surface area contributed by atoms with Gasteiger partial charge in [0.1, 0.15) is 30.0 Å². The van der Waals surface area contributed by atoms with Crippen LogP contribution in [0.3, 0.4) is 0 Å². The van der Waals surface area contributed by atoms with Crippen molar-refractivity contribution in [3.05, 3.63) is 65.7 Å². The van der Waals surface area contributed by atoms with Gasteiger partial charge in [-0.2, -0.15) is 0 Å². The SMILES string of the molecule is CC(C)(C)OC(=O)NCCCC[C@@H]1NC(=O)CN(Cc2ccccc2)C(=O)CC[C@@H](C(=O)O)NC(=O)c2ccccc2OC[C@H]2CCCN2C1=O. The number of nitrogens with zero attached hydrogens (tertiary/aromatic N) is 2. The van der Waals surface area contributed by atoms with Crippen LogP contribution in [0.25, 0.3) is 0 Å². The highest BCUT2D eigenvalue weighted by molar-refractivity contribution is 5.99. The Balaban J connectivity index is 1.58. The average molecular weight is 708 g/mol. The van der Waals surface area contributed by atoms with Crippen LogP contribution >= 0.6 is 0 Å². The first-order valence-electron chi connectivity index (χ1n) is 17.4. The van der Waals surface area contributed by atoms with Crippen LogP contribution in [0.2, 0.25) is 0 Å². The Morgan fingerprint density at radius 3 is 2.43 bits per heavy atom. The highest BCUT2D eigenvalue weighted by Crippen LogP contribution is 2.24. The molecule has 276 valence electrons. The van der Waals surface area contributed by atoms with E-state index in [9.17, 15) is 33.9 Å². The summed E-state index contributed by atoms with van der Waals surface area (Å²) in [5, 5.41) is 18.0. The summed E-state index contributed by atoms with van der Waals surface area (Å²) in [7, 11) is 0. The molecule has 0 aromatic heterocycles. The van der Waals surface area contributed by atoms with Crippen molar-refractivity contribution in [1.29, 1.82) is 0 Å². The van der Waals surface area contributed by atoms with E-state index in [-0.39, 0.29) is 62.2 Å². The lowest BCUT2D eigenvalue weighted by Gasteiger charge is -2.30. The number of para-hydroxylation sites is 1. The van der Waals surface area contributed by atoms with Gasteiger partial charge in [0.25, 0.3) is 5.91 Å². The zero-order chi connectivity index (χ0) is 37.0. The first-order chi connectivity index (χ1) is 24.3. The van der Waals surface area contributed by atoms with Crippen molar-refractivity contribution < 1.29 is 43.3 Å². The van der Waals surface area contributed by atoms with Crippen LogP contribution in [-0.2, 0) is 30.5 Å². The first-order valence-corrected chi connectivity index (χ1v) is 17.4. The fourth-order valence-corrected chi connectivity index (χ4v) is 6.07. The summed E-state index contributed by atoms with van der Waals surface area (Å²) in [6.07, 6.45) is 1.62. The summed E-state index contributed by atoms with van der Waals surface area (Å²) in [4.78, 5) is 81.9. The van der Waals surface area contributed by atoms with Crippen LogP contribution in [0.1, 0.15) is 81.6 Å². The molecule has 0 radical (unpaired) electrons. The van der Waals surface area contributed by atoms with Gasteiger partial charge in [-0.05, 0) is 77.0 Å². The van der Waals surface area contributed by atoms with Crippen molar-refractivity contribution in [3.63, 3.8) is 0 Å². The molecule has 0 saturated carbocycles. The molecule has 2 aromatic rings. The maximum atomic E-state index is 14.1. The maximum absolute atomic E-state index is 14.1. The van der Waals surface area contributed by atoms with E-state index in [0.29, 0.717) is 38.8 Å². The number of hydrogen-bond donors (Lipinski definition) is 4. The molecule has 0 unspecified atom stereocenters. The Morgan fingerprint density at radius 1 is 0.980 bits per heavy atom. The molecule has 4 rings (SSSR count). The van der Waals surface area contributed by atoms with Crippen LogP contribution in [0, 0.1) is 0 Å². The number of aliphatic carboxylic acids is 1. The van der Waals surface area contributed by atoms with Crippen molar-refractivity contribution in [2.75, 3.05) is 26.2 Å². The van der Waals surface area contributed by atoms with Crippen LogP contribution in [0.15, 0.2) is 54.6 Å². The lowest BCUT2D eigenvalue weighted by molar-refractivity contribution is -0.141. The molecule has 1 fully saturated rings. The largest absolute Gasteiger partial charge is 0.491 e. The Labute approximate surface area is 298 Å². The number of carbonyl (C=O) groups is 6. The Morgan fingerprint density at radius 2 is 1.71 bits per heavy atom. The van der Waals surface area contributed by atoms with Gasteiger partial charge >= 0.3 is 12.1 Å². The number of carboxylic acids is 1. The second-order valence-electron chi connectivity index (χ2n) is 13.8. The summed E-state index contributed by atoms with van der Waals surface area (Å²) in [6, 6.07) is 12.9. The highest BCUT2D eigenvalue weighted by Gasteiger charge is 2.35. The van der Waals surface area contributed by atoms with E-state index in [1.165, 1.54) is 11.0 Å². The number of nitrogens with one attached hydrogen (secondary N) is 3. The second kappa shape index (κ2) is 18.2. The fourth-order valence-electron chi connectivity index (χ4n) is 6.07. The second-order valence-corrected chi connectivity index (χ2v) is 13.8. The predicted octanol–water partition coefficient (Wildman–Crippen LogP) is 3.24. The van der Waals surface area contributed by atoms with Gasteiger partial charge in [-0.25, -0.2) is 9.59 Å². The third kappa shape index (κ3) is 12.0. The van der Waals surface area contributed by atoms with Crippen LogP contribution in [-0.4, -0.2) is 101 Å². The lowest BCUT2D eigenvalue weighted by Crippen LogP contribution is -2.53. The minimum absolute atomic E-state index is 0.0745. The number of unbranched alkanes of at least 4 members (excludes halogenated alkanes) is 1. The molecule has 14 heteroatoms. The number of amides is 5. The zero-order valence-electron chi connectivity index (χ0n) is 29.5. The summed E-state index contributed by atoms with van der Waals surface area (Å²) >= 11 is 0. The number of rotatable bonds is 8. The normalized spacial score (nSPS) is 20.9. The Bertz CT molecular complexity index is 1540. The van der Waals surface area contributed by atoms with Crippen LogP contribution in [0.5, 0.6) is 5.75 Å². The van der Waals surface area contributed by atoms with E-state index in [1.807, 2.05) is 18.2 Å². The molecule has 0 spiro atoms. The number of carbonyl (C=O) groups excluding carboxylic acids is 5. The van der Waals surface area contributed by atoms with Gasteiger partial charge in [-0.1, -0.05) is 42.5 Å². The van der Waals surface area contributed by atoms with Crippen LogP contribution < -0.4 is 20.7 Å². The van der Waals surface area contributed by atoms with Crippen molar-refractivity contribution >= 4 is 35.7 Å². The molecule has 4 N–H and O–H groups in total. The lowest BCUT2D eigenvalue weighted by atomic mass is 10.1. The van der Waals surface area contributed by atoms with Gasteiger partial charge in [0.15, 0.2) is 0 Å². The summed E-state index contributed by atoms with van der Waals surface area (Å²) in [5.74, 6) is -3.07. The van der Waals surface area contributed by atoms with E-state index < -0.39 is 47.5 Å². The molecule has 3 atom stereocenters. The number of ether oxygens (including phenoxy) is 2. The number of benzene rings is 2. The molecular formula is C37H49N5O9. The maximum Gasteiger partial charge on any atom is 0.407 e. The first kappa shape index (κ1) is 38.7. The number of carboxylic acid groups (broad SMARTS) is 1. The van der Waals surface area contributed by atoms with Gasteiger partial charge in [-0.15, -0.1) is 0 Å². The average Bonchev–Trinajstić information content (AvgIpc) is 3.55. The number of fused-ring (bicyclic) bond motifs is 2. The van der Waals surface area contributed by atoms with E-state index in [2.05, 4.69) is 16.0 Å². The molecule has 2 aliphatic heterocycles. The third-order valence-electron chi connectivity index (χ3n) is 8.60. The minimum Gasteiger partial charge on any atom is -0.491 e. The van der Waals surface area contributed by atoms with Crippen LogP contribution in [0.4, 0.5) is 4.79 Å². The quantitative estimate of drug-likeness (QED) is 0.299. The van der Waals surface area contributed by atoms with E-state index in [1.54, 1.807) is 56.0 Å². The third-order valence-corrected chi connectivity index (χ3v) is 8.60. The summed E-state index contributed by atoms with van der Waals surface area (Å²) < 4.78 is 11.4. The van der Waals surface area contributed by atoms with Crippen molar-refractivity contribution in [3.8, 4) is 5.75 Å². The summed E-state index contributed by atoms with van der Waals surface area (Å²) in [5.41, 5.74) is 0.245. The minimum atomic E-state index is -1.38. The fraction of sp³-hybridized carbons (Fsp3) is 0.514. The van der Waals surface area contributed by atoms with Gasteiger partial charge in [0, 0.05) is 26.1 Å². The Hall–Kier alpha value is -5.14. The van der Waals surface area contributed by atoms with E-state index in [4.69, 9.17) is 9.47 Å². The molecule has 2 aliphatic rings. The van der Waals surface area contributed by atoms with Gasteiger partial charge in [0.2, 0.25) is 17.7 Å². The smallest absolute Gasteiger partial charge is 0.407 e. The van der Waals surface area contributed by atoms with Crippen molar-refractivity contribution in [2.24, 2.45) is 0 Å². The summed E-state index contributed by atoms with van der Waals surface area (Å²) in [6.45, 7) is 5.86. The van der Waals surface area contributed by atoms with E-state index in [0.717, 1.165) is 5.56 Å². The monoisotopic (exact) mass is 707 g/mol.